The molecule has 0 aromatic carbocycles. The quantitative estimate of drug-likeness (QED) is 0.296. The van der Waals surface area contributed by atoms with Gasteiger partial charge in [-0.2, -0.15) is 0 Å². The summed E-state index contributed by atoms with van der Waals surface area (Å²) in [6, 6.07) is 0. The van der Waals surface area contributed by atoms with Crippen LogP contribution in [-0.2, 0) is 14.6 Å². The monoisotopic (exact) mass is 489 g/mol. The van der Waals surface area contributed by atoms with Gasteiger partial charge in [-0.15, -0.1) is 24.0 Å². The molecule has 1 aliphatic rings. The second kappa shape index (κ2) is 12.3. The summed E-state index contributed by atoms with van der Waals surface area (Å²) >= 11 is 0. The highest BCUT2D eigenvalue weighted by molar-refractivity contribution is 14.0. The number of hydrogen-bond acceptors (Lipinski definition) is 4. The van der Waals surface area contributed by atoms with Crippen molar-refractivity contribution in [1.82, 2.24) is 10.6 Å². The van der Waals surface area contributed by atoms with E-state index in [1.165, 1.54) is 25.5 Å². The Morgan fingerprint density at radius 1 is 1.24 bits per heavy atom. The van der Waals surface area contributed by atoms with Gasteiger partial charge >= 0.3 is 0 Å². The molecule has 1 rings (SSSR count). The Balaban J connectivity index is 0.00000576. The summed E-state index contributed by atoms with van der Waals surface area (Å²) in [6.45, 7) is 6.65. The molecule has 25 heavy (non-hydrogen) atoms. The maximum Gasteiger partial charge on any atom is 0.191 e. The Bertz CT molecular complexity index is 491. The third-order valence-electron chi connectivity index (χ3n) is 5.09. The number of ether oxygens (including phenoxy) is 1. The van der Waals surface area contributed by atoms with Crippen LogP contribution in [0, 0.1) is 5.92 Å². The van der Waals surface area contributed by atoms with E-state index < -0.39 is 14.6 Å². The molecule has 1 unspecified atom stereocenters. The highest BCUT2D eigenvalue weighted by Crippen LogP contribution is 2.28. The molecule has 0 spiro atoms. The van der Waals surface area contributed by atoms with Crippen LogP contribution in [0.15, 0.2) is 4.99 Å². The molecule has 2 N–H and O–H groups in total. The van der Waals surface area contributed by atoms with Gasteiger partial charge in [0, 0.05) is 39.6 Å². The second-order valence-electron chi connectivity index (χ2n) is 6.79. The van der Waals surface area contributed by atoms with Crippen LogP contribution in [0.4, 0.5) is 0 Å². The number of rotatable bonds is 9. The van der Waals surface area contributed by atoms with Gasteiger partial charge in [-0.3, -0.25) is 4.99 Å². The highest BCUT2D eigenvalue weighted by atomic mass is 127. The molecule has 150 valence electrons. The number of sulfone groups is 1. The van der Waals surface area contributed by atoms with Crippen LogP contribution >= 0.6 is 24.0 Å². The topological polar surface area (TPSA) is 79.8 Å². The van der Waals surface area contributed by atoms with Gasteiger partial charge in [-0.05, 0) is 25.2 Å². The molecule has 8 heteroatoms. The highest BCUT2D eigenvalue weighted by Gasteiger charge is 2.42. The van der Waals surface area contributed by atoms with Crippen molar-refractivity contribution >= 4 is 39.8 Å². The number of halogens is 1. The summed E-state index contributed by atoms with van der Waals surface area (Å²) < 4.78 is 29.2. The lowest BCUT2D eigenvalue weighted by Crippen LogP contribution is -2.54. The van der Waals surface area contributed by atoms with Gasteiger partial charge in [0.2, 0.25) is 0 Å². The van der Waals surface area contributed by atoms with Crippen molar-refractivity contribution in [3.63, 3.8) is 0 Å². The number of nitrogens with zero attached hydrogens (tertiary/aromatic N) is 1. The van der Waals surface area contributed by atoms with Crippen LogP contribution in [0.1, 0.15) is 52.4 Å². The summed E-state index contributed by atoms with van der Waals surface area (Å²) in [5.41, 5.74) is 0. The third kappa shape index (κ3) is 7.99. The Labute approximate surface area is 170 Å². The standard InChI is InChI=1S/C17H35N3O3S.HI/c1-5-7-8-15(6-2)13-19-16(18-3)20-14-17(24(4,21)22)9-11-23-12-10-17;/h15H,5-14H2,1-4H3,(H2,18,19,20);1H. The zero-order valence-corrected chi connectivity index (χ0v) is 19.3. The van der Waals surface area contributed by atoms with E-state index in [0.717, 1.165) is 13.0 Å². The predicted molar refractivity (Wildman–Crippen MR) is 116 cm³/mol. The lowest BCUT2D eigenvalue weighted by Gasteiger charge is -2.35. The molecule has 6 nitrogen and oxygen atoms in total. The van der Waals surface area contributed by atoms with Crippen molar-refractivity contribution in [2.75, 3.05) is 39.6 Å². The van der Waals surface area contributed by atoms with Crippen molar-refractivity contribution in [1.29, 1.82) is 0 Å². The fourth-order valence-electron chi connectivity index (χ4n) is 3.07. The first kappa shape index (κ1) is 24.9. The lowest BCUT2D eigenvalue weighted by molar-refractivity contribution is 0.0756. The summed E-state index contributed by atoms with van der Waals surface area (Å²) in [7, 11) is -1.44. The normalized spacial score (nSPS) is 19.0. The average Bonchev–Trinajstić information content (AvgIpc) is 2.57. The molecule has 1 saturated heterocycles. The summed E-state index contributed by atoms with van der Waals surface area (Å²) in [5, 5.41) is 6.58. The molecule has 0 amide bonds. The fourth-order valence-corrected chi connectivity index (χ4v) is 4.31. The average molecular weight is 489 g/mol. The van der Waals surface area contributed by atoms with E-state index in [9.17, 15) is 8.42 Å². The van der Waals surface area contributed by atoms with Crippen LogP contribution in [-0.4, -0.2) is 58.7 Å². The minimum Gasteiger partial charge on any atom is -0.381 e. The largest absolute Gasteiger partial charge is 0.381 e. The van der Waals surface area contributed by atoms with Crippen molar-refractivity contribution in [2.45, 2.75) is 57.1 Å². The van der Waals surface area contributed by atoms with Crippen LogP contribution in [0.25, 0.3) is 0 Å². The van der Waals surface area contributed by atoms with E-state index in [4.69, 9.17) is 4.74 Å². The first-order valence-electron chi connectivity index (χ1n) is 9.10. The van der Waals surface area contributed by atoms with Gasteiger partial charge in [-0.1, -0.05) is 33.1 Å². The van der Waals surface area contributed by atoms with E-state index in [-0.39, 0.29) is 24.0 Å². The van der Waals surface area contributed by atoms with Crippen molar-refractivity contribution < 1.29 is 13.2 Å². The molecule has 0 radical (unpaired) electrons. The van der Waals surface area contributed by atoms with Crippen LogP contribution in [0.2, 0.25) is 0 Å². The zero-order valence-electron chi connectivity index (χ0n) is 16.1. The van der Waals surface area contributed by atoms with Gasteiger partial charge in [0.15, 0.2) is 15.8 Å². The van der Waals surface area contributed by atoms with Crippen molar-refractivity contribution in [3.05, 3.63) is 0 Å². The summed E-state index contributed by atoms with van der Waals surface area (Å²) in [5.74, 6) is 1.30. The molecule has 1 atom stereocenters. The fraction of sp³-hybridized carbons (Fsp3) is 0.941. The molecule has 0 aromatic rings. The van der Waals surface area contributed by atoms with Crippen molar-refractivity contribution in [2.24, 2.45) is 10.9 Å². The number of unbranched alkanes of at least 4 members (excludes halogenated alkanes) is 1. The van der Waals surface area contributed by atoms with E-state index in [1.807, 2.05) is 0 Å². The van der Waals surface area contributed by atoms with Crippen LogP contribution in [0.3, 0.4) is 0 Å². The van der Waals surface area contributed by atoms with Crippen LogP contribution < -0.4 is 10.6 Å². The minimum atomic E-state index is -3.16. The molecular weight excluding hydrogens is 453 g/mol. The van der Waals surface area contributed by atoms with Crippen LogP contribution in [0.5, 0.6) is 0 Å². The van der Waals surface area contributed by atoms with E-state index in [1.54, 1.807) is 7.05 Å². The minimum absolute atomic E-state index is 0. The molecule has 0 aromatic heterocycles. The molecule has 1 fully saturated rings. The summed E-state index contributed by atoms with van der Waals surface area (Å²) in [4.78, 5) is 4.24. The number of guanidine groups is 1. The van der Waals surface area contributed by atoms with E-state index in [2.05, 4.69) is 29.5 Å². The SMILES string of the molecule is CCCCC(CC)CNC(=NC)NCC1(S(C)(=O)=O)CCOCC1.I. The first-order valence-corrected chi connectivity index (χ1v) is 11.0. The Kier molecular flexibility index (Phi) is 12.3. The molecule has 1 aliphatic heterocycles. The number of aliphatic imine (C=N–C) groups is 1. The number of hydrogen-bond donors (Lipinski definition) is 2. The Hall–Kier alpha value is -0.0900. The van der Waals surface area contributed by atoms with E-state index >= 15 is 0 Å². The van der Waals surface area contributed by atoms with E-state index in [0.29, 0.717) is 44.5 Å². The van der Waals surface area contributed by atoms with Gasteiger partial charge in [0.05, 0.1) is 4.75 Å². The number of nitrogens with one attached hydrogen (secondary N) is 2. The zero-order chi connectivity index (χ0) is 18.1. The third-order valence-corrected chi connectivity index (χ3v) is 7.22. The van der Waals surface area contributed by atoms with Gasteiger partial charge in [0.25, 0.3) is 0 Å². The smallest absolute Gasteiger partial charge is 0.191 e. The maximum absolute atomic E-state index is 12.3. The summed E-state index contributed by atoms with van der Waals surface area (Å²) in [6.07, 6.45) is 7.18. The van der Waals surface area contributed by atoms with Gasteiger partial charge in [0.1, 0.15) is 0 Å². The molecule has 0 aliphatic carbocycles. The predicted octanol–water partition coefficient (Wildman–Crippen LogP) is 2.58. The first-order chi connectivity index (χ1) is 11.4. The molecule has 0 bridgehead atoms. The molecule has 1 heterocycles. The Morgan fingerprint density at radius 3 is 2.36 bits per heavy atom. The second-order valence-corrected chi connectivity index (χ2v) is 9.20. The van der Waals surface area contributed by atoms with Crippen molar-refractivity contribution in [3.8, 4) is 0 Å². The Morgan fingerprint density at radius 2 is 1.88 bits per heavy atom. The van der Waals surface area contributed by atoms with Gasteiger partial charge < -0.3 is 15.4 Å². The molecular formula is C17H36IN3O3S. The lowest BCUT2D eigenvalue weighted by atomic mass is 9.99. The molecule has 0 saturated carbocycles. The maximum atomic E-state index is 12.3. The van der Waals surface area contributed by atoms with Gasteiger partial charge in [-0.25, -0.2) is 8.42 Å².